The van der Waals surface area contributed by atoms with Crippen LogP contribution in [0.2, 0.25) is 0 Å². The number of amides is 2. The molecule has 1 heterocycles. The average Bonchev–Trinajstić information content (AvgIpc) is 2.79. The number of carbonyl (C=O) groups excluding carboxylic acids is 2. The lowest BCUT2D eigenvalue weighted by atomic mass is 10.1. The predicted molar refractivity (Wildman–Crippen MR) is 84.9 cm³/mol. The van der Waals surface area contributed by atoms with Crippen LogP contribution in [0.25, 0.3) is 0 Å². The van der Waals surface area contributed by atoms with Crippen molar-refractivity contribution in [2.45, 2.75) is 26.8 Å². The fourth-order valence-corrected chi connectivity index (χ4v) is 1.97. The minimum absolute atomic E-state index is 0.0837. The minimum atomic E-state index is -0.218. The first-order valence-corrected chi connectivity index (χ1v) is 7.09. The zero-order chi connectivity index (χ0) is 16.3. The molecule has 2 aromatic rings. The standard InChI is InChI=1S/C16H20N4O2/c1-10(2)18-15(21)12-5-7-13(8-6-12)19-16(22)14-9-17-20(4)11(14)3/h5-10H,1-4H3,(H,18,21)(H,19,22). The van der Waals surface area contributed by atoms with E-state index in [9.17, 15) is 9.59 Å². The van der Waals surface area contributed by atoms with Gasteiger partial charge in [-0.3, -0.25) is 14.3 Å². The molecule has 0 aliphatic rings. The summed E-state index contributed by atoms with van der Waals surface area (Å²) >= 11 is 0. The predicted octanol–water partition coefficient (Wildman–Crippen LogP) is 2.12. The van der Waals surface area contributed by atoms with E-state index < -0.39 is 0 Å². The third-order valence-corrected chi connectivity index (χ3v) is 3.30. The van der Waals surface area contributed by atoms with E-state index in [2.05, 4.69) is 15.7 Å². The van der Waals surface area contributed by atoms with E-state index >= 15 is 0 Å². The Morgan fingerprint density at radius 1 is 1.14 bits per heavy atom. The quantitative estimate of drug-likeness (QED) is 0.908. The molecule has 0 bridgehead atoms. The van der Waals surface area contributed by atoms with Gasteiger partial charge in [-0.05, 0) is 45.0 Å². The summed E-state index contributed by atoms with van der Waals surface area (Å²) in [4.78, 5) is 24.0. The smallest absolute Gasteiger partial charge is 0.259 e. The Balaban J connectivity index is 2.07. The van der Waals surface area contributed by atoms with Crippen molar-refractivity contribution >= 4 is 17.5 Å². The van der Waals surface area contributed by atoms with E-state index in [4.69, 9.17) is 0 Å². The van der Waals surface area contributed by atoms with Gasteiger partial charge in [0.05, 0.1) is 11.8 Å². The van der Waals surface area contributed by atoms with Crippen LogP contribution in [-0.4, -0.2) is 27.6 Å². The Morgan fingerprint density at radius 2 is 1.77 bits per heavy atom. The first-order chi connectivity index (χ1) is 10.4. The Labute approximate surface area is 129 Å². The molecular weight excluding hydrogens is 280 g/mol. The molecule has 0 saturated carbocycles. The molecule has 116 valence electrons. The molecule has 6 nitrogen and oxygen atoms in total. The van der Waals surface area contributed by atoms with Gasteiger partial charge in [0.1, 0.15) is 0 Å². The first-order valence-electron chi connectivity index (χ1n) is 7.09. The van der Waals surface area contributed by atoms with Crippen molar-refractivity contribution in [1.29, 1.82) is 0 Å². The van der Waals surface area contributed by atoms with Gasteiger partial charge in [0.15, 0.2) is 0 Å². The van der Waals surface area contributed by atoms with Gasteiger partial charge in [-0.1, -0.05) is 0 Å². The van der Waals surface area contributed by atoms with Crippen LogP contribution in [0.15, 0.2) is 30.5 Å². The summed E-state index contributed by atoms with van der Waals surface area (Å²) in [6, 6.07) is 6.87. The second kappa shape index (κ2) is 6.43. The second-order valence-corrected chi connectivity index (χ2v) is 5.43. The lowest BCUT2D eigenvalue weighted by Crippen LogP contribution is -2.30. The molecule has 0 aliphatic heterocycles. The Hall–Kier alpha value is -2.63. The number of benzene rings is 1. The summed E-state index contributed by atoms with van der Waals surface area (Å²) in [5, 5.41) is 9.66. The normalized spacial score (nSPS) is 10.6. The van der Waals surface area contributed by atoms with Crippen LogP contribution in [0.3, 0.4) is 0 Å². The van der Waals surface area contributed by atoms with Crippen LogP contribution < -0.4 is 10.6 Å². The molecule has 2 N–H and O–H groups in total. The lowest BCUT2D eigenvalue weighted by Gasteiger charge is -2.09. The first kappa shape index (κ1) is 15.8. The van der Waals surface area contributed by atoms with Gasteiger partial charge in [-0.15, -0.1) is 0 Å². The highest BCUT2D eigenvalue weighted by Crippen LogP contribution is 2.13. The second-order valence-electron chi connectivity index (χ2n) is 5.43. The van der Waals surface area contributed by atoms with Crippen LogP contribution in [0.1, 0.15) is 40.3 Å². The molecule has 0 spiro atoms. The number of nitrogens with zero attached hydrogens (tertiary/aromatic N) is 2. The van der Waals surface area contributed by atoms with Crippen LogP contribution in [0.5, 0.6) is 0 Å². The number of rotatable bonds is 4. The number of hydrogen-bond acceptors (Lipinski definition) is 3. The fourth-order valence-electron chi connectivity index (χ4n) is 1.97. The van der Waals surface area contributed by atoms with E-state index in [1.54, 1.807) is 36.0 Å². The molecule has 0 fully saturated rings. The zero-order valence-corrected chi connectivity index (χ0v) is 13.2. The molecule has 0 aliphatic carbocycles. The molecule has 0 unspecified atom stereocenters. The van der Waals surface area contributed by atoms with Crippen molar-refractivity contribution in [2.24, 2.45) is 7.05 Å². The molecule has 2 rings (SSSR count). The van der Waals surface area contributed by atoms with Gasteiger partial charge < -0.3 is 10.6 Å². The molecule has 1 aromatic heterocycles. The SMILES string of the molecule is Cc1c(C(=O)Nc2ccc(C(=O)NC(C)C)cc2)cnn1C. The average molecular weight is 300 g/mol. The van der Waals surface area contributed by atoms with E-state index in [0.29, 0.717) is 16.8 Å². The third-order valence-electron chi connectivity index (χ3n) is 3.30. The molecule has 0 atom stereocenters. The Morgan fingerprint density at radius 3 is 2.27 bits per heavy atom. The Kier molecular flexibility index (Phi) is 4.60. The van der Waals surface area contributed by atoms with Gasteiger partial charge in [-0.2, -0.15) is 5.10 Å². The van der Waals surface area contributed by atoms with Crippen molar-refractivity contribution in [2.75, 3.05) is 5.32 Å². The number of anilines is 1. The Bertz CT molecular complexity index is 687. The van der Waals surface area contributed by atoms with Gasteiger partial charge in [0, 0.05) is 30.0 Å². The number of aryl methyl sites for hydroxylation is 1. The van der Waals surface area contributed by atoms with Crippen molar-refractivity contribution < 1.29 is 9.59 Å². The molecule has 0 saturated heterocycles. The summed E-state index contributed by atoms with van der Waals surface area (Å²) in [6.07, 6.45) is 1.54. The molecule has 1 aromatic carbocycles. The van der Waals surface area contributed by atoms with Gasteiger partial charge >= 0.3 is 0 Å². The van der Waals surface area contributed by atoms with E-state index in [1.807, 2.05) is 20.8 Å². The van der Waals surface area contributed by atoms with Crippen molar-refractivity contribution in [1.82, 2.24) is 15.1 Å². The van der Waals surface area contributed by atoms with Crippen molar-refractivity contribution in [3.63, 3.8) is 0 Å². The summed E-state index contributed by atoms with van der Waals surface area (Å²) < 4.78 is 1.65. The molecule has 0 radical (unpaired) electrons. The largest absolute Gasteiger partial charge is 0.350 e. The highest BCUT2D eigenvalue weighted by Gasteiger charge is 2.13. The minimum Gasteiger partial charge on any atom is -0.350 e. The monoisotopic (exact) mass is 300 g/mol. The maximum Gasteiger partial charge on any atom is 0.259 e. The molecule has 22 heavy (non-hydrogen) atoms. The van der Waals surface area contributed by atoms with Crippen LogP contribution in [0.4, 0.5) is 5.69 Å². The molecular formula is C16H20N4O2. The molecule has 2 amide bonds. The fraction of sp³-hybridized carbons (Fsp3) is 0.312. The summed E-state index contributed by atoms with van der Waals surface area (Å²) in [5.41, 5.74) is 2.52. The van der Waals surface area contributed by atoms with Crippen LogP contribution in [0, 0.1) is 6.92 Å². The van der Waals surface area contributed by atoms with Gasteiger partial charge in [0.25, 0.3) is 11.8 Å². The zero-order valence-electron chi connectivity index (χ0n) is 13.2. The maximum absolute atomic E-state index is 12.2. The van der Waals surface area contributed by atoms with Crippen LogP contribution in [-0.2, 0) is 7.05 Å². The number of carbonyl (C=O) groups is 2. The summed E-state index contributed by atoms with van der Waals surface area (Å²) in [6.45, 7) is 5.65. The summed E-state index contributed by atoms with van der Waals surface area (Å²) in [5.74, 6) is -0.346. The van der Waals surface area contributed by atoms with E-state index in [1.165, 1.54) is 6.20 Å². The van der Waals surface area contributed by atoms with Crippen molar-refractivity contribution in [3.8, 4) is 0 Å². The topological polar surface area (TPSA) is 76.0 Å². The van der Waals surface area contributed by atoms with E-state index in [-0.39, 0.29) is 17.9 Å². The number of nitrogens with one attached hydrogen (secondary N) is 2. The lowest BCUT2D eigenvalue weighted by molar-refractivity contribution is 0.0942. The number of aromatic nitrogens is 2. The third kappa shape index (κ3) is 3.52. The highest BCUT2D eigenvalue weighted by atomic mass is 16.2. The van der Waals surface area contributed by atoms with Crippen LogP contribution >= 0.6 is 0 Å². The molecule has 6 heteroatoms. The van der Waals surface area contributed by atoms with Gasteiger partial charge in [0.2, 0.25) is 0 Å². The highest BCUT2D eigenvalue weighted by molar-refractivity contribution is 6.05. The summed E-state index contributed by atoms with van der Waals surface area (Å²) in [7, 11) is 1.79. The number of hydrogen-bond donors (Lipinski definition) is 2. The van der Waals surface area contributed by atoms with Gasteiger partial charge in [-0.25, -0.2) is 0 Å². The van der Waals surface area contributed by atoms with E-state index in [0.717, 1.165) is 5.69 Å². The van der Waals surface area contributed by atoms with Crippen molar-refractivity contribution in [3.05, 3.63) is 47.3 Å². The maximum atomic E-state index is 12.2.